The van der Waals surface area contributed by atoms with E-state index in [2.05, 4.69) is 30.9 Å². The second-order valence-electron chi connectivity index (χ2n) is 6.90. The predicted molar refractivity (Wildman–Crippen MR) is 120 cm³/mol. The number of nitrogen functional groups attached to an aromatic ring is 2. The summed E-state index contributed by atoms with van der Waals surface area (Å²) in [4.78, 5) is 57.3. The first-order valence-electron chi connectivity index (χ1n) is 9.60. The summed E-state index contributed by atoms with van der Waals surface area (Å²) in [7, 11) is 0. The van der Waals surface area contributed by atoms with Crippen molar-refractivity contribution in [1.82, 2.24) is 20.3 Å². The van der Waals surface area contributed by atoms with Crippen molar-refractivity contribution in [3.63, 3.8) is 0 Å². The first kappa shape index (κ1) is 23.6. The number of carboxylic acids is 1. The molecule has 2 heterocycles. The van der Waals surface area contributed by atoms with Gasteiger partial charge in [0, 0.05) is 12.5 Å². The van der Waals surface area contributed by atoms with Gasteiger partial charge in [0.2, 0.25) is 5.95 Å². The van der Waals surface area contributed by atoms with Gasteiger partial charge in [0.15, 0.2) is 23.0 Å². The number of hydrogen-bond acceptors (Lipinski definition) is 8. The van der Waals surface area contributed by atoms with Crippen LogP contribution in [0.5, 0.6) is 0 Å². The third kappa shape index (κ3) is 5.82. The fourth-order valence-corrected chi connectivity index (χ4v) is 2.86. The minimum absolute atomic E-state index is 0.0222. The van der Waals surface area contributed by atoms with Crippen LogP contribution in [0, 0.1) is 5.82 Å². The van der Waals surface area contributed by atoms with E-state index in [4.69, 9.17) is 11.5 Å². The van der Waals surface area contributed by atoms with Gasteiger partial charge >= 0.3 is 12.0 Å². The molecule has 9 N–H and O–H groups in total. The number of carboxylic acid groups (broad SMARTS) is 1. The van der Waals surface area contributed by atoms with E-state index >= 15 is 0 Å². The normalized spacial score (nSPS) is 11.3. The Morgan fingerprint density at radius 1 is 1.15 bits per heavy atom. The van der Waals surface area contributed by atoms with Gasteiger partial charge in [-0.05, 0) is 5.56 Å². The summed E-state index contributed by atoms with van der Waals surface area (Å²) >= 11 is 0. The van der Waals surface area contributed by atoms with Crippen LogP contribution in [0.2, 0.25) is 0 Å². The fraction of sp³-hybridized carbons (Fsp3) is 0.100. The molecule has 1 atom stereocenters. The summed E-state index contributed by atoms with van der Waals surface area (Å²) in [6.07, 6.45) is 0.949. The number of nitrogens with two attached hydrogens (primary N) is 2. The maximum Gasteiger partial charge on any atom is 0.326 e. The predicted octanol–water partition coefficient (Wildman–Crippen LogP) is 0.538. The van der Waals surface area contributed by atoms with E-state index in [1.807, 2.05) is 0 Å². The second-order valence-corrected chi connectivity index (χ2v) is 6.90. The molecular formula is C20H19FN8O5. The number of anilines is 4. The average Bonchev–Trinajstić information content (AvgIpc) is 2.76. The number of carbonyl (C=O) groups excluding carboxylic acids is 2. The molecule has 3 aromatic rings. The van der Waals surface area contributed by atoms with Gasteiger partial charge < -0.3 is 27.2 Å². The molecule has 3 amide bonds. The fourth-order valence-electron chi connectivity index (χ4n) is 2.86. The summed E-state index contributed by atoms with van der Waals surface area (Å²) in [6, 6.07) is 7.06. The van der Waals surface area contributed by atoms with E-state index in [9.17, 15) is 28.7 Å². The van der Waals surface area contributed by atoms with Crippen molar-refractivity contribution >= 4 is 41.0 Å². The van der Waals surface area contributed by atoms with Crippen molar-refractivity contribution < 1.29 is 23.9 Å². The number of amides is 3. The Hall–Kier alpha value is -5.01. The molecule has 2 aromatic heterocycles. The minimum Gasteiger partial charge on any atom is -0.480 e. The van der Waals surface area contributed by atoms with E-state index in [0.717, 1.165) is 12.3 Å². The van der Waals surface area contributed by atoms with Gasteiger partial charge in [-0.3, -0.25) is 19.9 Å². The molecule has 13 nitrogen and oxygen atoms in total. The molecule has 0 aliphatic heterocycles. The lowest BCUT2D eigenvalue weighted by molar-refractivity contribution is -0.139. The van der Waals surface area contributed by atoms with E-state index in [0.29, 0.717) is 5.56 Å². The van der Waals surface area contributed by atoms with Gasteiger partial charge in [-0.25, -0.2) is 19.0 Å². The van der Waals surface area contributed by atoms with E-state index in [-0.39, 0.29) is 29.6 Å². The number of carbonyl (C=O) groups is 3. The Bertz CT molecular complexity index is 1300. The van der Waals surface area contributed by atoms with Crippen LogP contribution in [0.3, 0.4) is 0 Å². The average molecular weight is 470 g/mol. The quantitative estimate of drug-likeness (QED) is 0.256. The van der Waals surface area contributed by atoms with Crippen molar-refractivity contribution in [2.75, 3.05) is 22.1 Å². The lowest BCUT2D eigenvalue weighted by Crippen LogP contribution is -2.42. The molecule has 1 aromatic carbocycles. The summed E-state index contributed by atoms with van der Waals surface area (Å²) in [5.74, 6) is -4.06. The topological polar surface area (TPSA) is 218 Å². The number of aromatic amines is 1. The Kier molecular flexibility index (Phi) is 7.01. The van der Waals surface area contributed by atoms with Crippen LogP contribution >= 0.6 is 0 Å². The zero-order valence-electron chi connectivity index (χ0n) is 17.3. The number of H-pyrrole nitrogens is 1. The Morgan fingerprint density at radius 3 is 2.47 bits per heavy atom. The van der Waals surface area contributed by atoms with Crippen molar-refractivity contribution in [2.24, 2.45) is 0 Å². The SMILES string of the molecule is Nc1nc(N)c(NC(=O)Nc2cnc(C(=O)NC(Cc3ccccc3)C(=O)O)c(F)c2)c(=O)[nH]1. The molecular weight excluding hydrogens is 451 g/mol. The number of hydrogen-bond donors (Lipinski definition) is 7. The van der Waals surface area contributed by atoms with Crippen molar-refractivity contribution in [1.29, 1.82) is 0 Å². The Morgan fingerprint density at radius 2 is 1.85 bits per heavy atom. The first-order chi connectivity index (χ1) is 16.1. The maximum absolute atomic E-state index is 14.5. The van der Waals surface area contributed by atoms with Crippen LogP contribution in [-0.4, -0.2) is 44.0 Å². The van der Waals surface area contributed by atoms with Crippen LogP contribution in [0.4, 0.5) is 32.3 Å². The van der Waals surface area contributed by atoms with Gasteiger partial charge in [-0.15, -0.1) is 0 Å². The van der Waals surface area contributed by atoms with Crippen molar-refractivity contribution in [3.05, 3.63) is 70.0 Å². The summed E-state index contributed by atoms with van der Waals surface area (Å²) in [6.45, 7) is 0. The Labute approximate surface area is 190 Å². The van der Waals surface area contributed by atoms with E-state index in [1.54, 1.807) is 30.3 Å². The van der Waals surface area contributed by atoms with Crippen LogP contribution < -0.4 is 33.0 Å². The van der Waals surface area contributed by atoms with E-state index in [1.165, 1.54) is 0 Å². The first-order valence-corrected chi connectivity index (χ1v) is 9.60. The molecule has 0 aliphatic rings. The lowest BCUT2D eigenvalue weighted by atomic mass is 10.1. The summed E-state index contributed by atoms with van der Waals surface area (Å²) < 4.78 is 14.5. The van der Waals surface area contributed by atoms with Gasteiger partial charge in [0.05, 0.1) is 11.9 Å². The molecule has 0 saturated carbocycles. The molecule has 176 valence electrons. The van der Waals surface area contributed by atoms with Crippen LogP contribution in [0.1, 0.15) is 16.1 Å². The molecule has 34 heavy (non-hydrogen) atoms. The van der Waals surface area contributed by atoms with Gasteiger partial charge in [-0.2, -0.15) is 4.98 Å². The zero-order valence-corrected chi connectivity index (χ0v) is 17.3. The number of aliphatic carboxylic acids is 1. The molecule has 0 aliphatic carbocycles. The number of pyridine rings is 1. The maximum atomic E-state index is 14.5. The summed E-state index contributed by atoms with van der Waals surface area (Å²) in [5.41, 5.74) is 9.51. The highest BCUT2D eigenvalue weighted by molar-refractivity contribution is 6.01. The number of benzene rings is 1. The van der Waals surface area contributed by atoms with Crippen molar-refractivity contribution in [3.8, 4) is 0 Å². The summed E-state index contributed by atoms with van der Waals surface area (Å²) in [5, 5.41) is 16.0. The number of aromatic nitrogens is 3. The molecule has 1 unspecified atom stereocenters. The van der Waals surface area contributed by atoms with Crippen molar-refractivity contribution in [2.45, 2.75) is 12.5 Å². The molecule has 14 heteroatoms. The molecule has 0 fully saturated rings. The molecule has 0 saturated heterocycles. The monoisotopic (exact) mass is 470 g/mol. The molecule has 0 bridgehead atoms. The Balaban J connectivity index is 1.68. The van der Waals surface area contributed by atoms with Gasteiger partial charge in [-0.1, -0.05) is 30.3 Å². The second kappa shape index (κ2) is 10.1. The number of nitrogens with zero attached hydrogens (tertiary/aromatic N) is 2. The number of urea groups is 1. The number of rotatable bonds is 7. The smallest absolute Gasteiger partial charge is 0.326 e. The molecule has 0 radical (unpaired) electrons. The number of halogens is 1. The number of nitrogens with one attached hydrogen (secondary N) is 4. The highest BCUT2D eigenvalue weighted by Gasteiger charge is 2.24. The standard InChI is InChI=1S/C20H19FN8O5/c21-11-7-10(25-20(34)27-14-15(22)28-19(23)29-17(14)31)8-24-13(11)16(30)26-12(18(32)33)6-9-4-2-1-3-5-9/h1-5,7-8,12H,6H2,(H,26,30)(H,32,33)(H2,25,27,34)(H5,22,23,28,29,31). The minimum atomic E-state index is -1.32. The van der Waals surface area contributed by atoms with Crippen LogP contribution in [-0.2, 0) is 11.2 Å². The zero-order chi connectivity index (χ0) is 24.8. The highest BCUT2D eigenvalue weighted by atomic mass is 19.1. The lowest BCUT2D eigenvalue weighted by Gasteiger charge is -2.15. The van der Waals surface area contributed by atoms with Gasteiger partial charge in [0.25, 0.3) is 11.5 Å². The van der Waals surface area contributed by atoms with Gasteiger partial charge in [0.1, 0.15) is 6.04 Å². The third-order valence-corrected chi connectivity index (χ3v) is 4.40. The third-order valence-electron chi connectivity index (χ3n) is 4.40. The molecule has 3 rings (SSSR count). The van der Waals surface area contributed by atoms with E-state index < -0.39 is 41.0 Å². The van der Waals surface area contributed by atoms with Crippen LogP contribution in [0.25, 0.3) is 0 Å². The largest absolute Gasteiger partial charge is 0.480 e. The molecule has 0 spiro atoms. The highest BCUT2D eigenvalue weighted by Crippen LogP contribution is 2.14. The van der Waals surface area contributed by atoms with Crippen LogP contribution in [0.15, 0.2) is 47.4 Å².